The third-order valence-electron chi connectivity index (χ3n) is 2.13. The van der Waals surface area contributed by atoms with Crippen LogP contribution in [0.3, 0.4) is 0 Å². The fourth-order valence-corrected chi connectivity index (χ4v) is 1.27. The molecule has 0 saturated carbocycles. The van der Waals surface area contributed by atoms with E-state index in [0.29, 0.717) is 5.69 Å². The summed E-state index contributed by atoms with van der Waals surface area (Å²) in [5.74, 6) is 0. The molecular weight excluding hydrogens is 193 g/mol. The van der Waals surface area contributed by atoms with Gasteiger partial charge in [-0.3, -0.25) is 0 Å². The molecule has 0 saturated heterocycles. The molecule has 2 N–H and O–H groups in total. The summed E-state index contributed by atoms with van der Waals surface area (Å²) in [7, 11) is -1.61. The van der Waals surface area contributed by atoms with Gasteiger partial charge in [0.15, 0.2) is 5.66 Å². The Morgan fingerprint density at radius 1 is 1.20 bits per heavy atom. The normalized spacial score (nSPS) is 10.3. The summed E-state index contributed by atoms with van der Waals surface area (Å²) in [4.78, 5) is 0. The van der Waals surface area contributed by atoms with E-state index in [1.54, 1.807) is 0 Å². The zero-order valence-corrected chi connectivity index (χ0v) is 8.21. The Labute approximate surface area is 87.3 Å². The average molecular weight is 203 g/mol. The summed E-state index contributed by atoms with van der Waals surface area (Å²) in [6, 6.07) is 9.23. The van der Waals surface area contributed by atoms with Gasteiger partial charge in [0.2, 0.25) is 0 Å². The van der Waals surface area contributed by atoms with Crippen LogP contribution in [0.15, 0.2) is 34.9 Å². The minimum Gasteiger partial charge on any atom is -0.421 e. The molecule has 0 aliphatic heterocycles. The lowest BCUT2D eigenvalue weighted by Gasteiger charge is -1.95. The van der Waals surface area contributed by atoms with Crippen molar-refractivity contribution in [3.8, 4) is 11.3 Å². The Morgan fingerprint density at radius 3 is 2.40 bits per heavy atom. The quantitative estimate of drug-likeness (QED) is 0.690. The molecule has 0 bridgehead atoms. The van der Waals surface area contributed by atoms with Crippen LogP contribution >= 0.6 is 0 Å². The highest BCUT2D eigenvalue weighted by molar-refractivity contribution is 6.57. The summed E-state index contributed by atoms with van der Waals surface area (Å²) >= 11 is 0. The van der Waals surface area contributed by atoms with E-state index in [0.717, 1.165) is 11.1 Å². The van der Waals surface area contributed by atoms with Gasteiger partial charge in [0.1, 0.15) is 5.69 Å². The zero-order chi connectivity index (χ0) is 10.8. The lowest BCUT2D eigenvalue weighted by Crippen LogP contribution is -2.28. The minimum absolute atomic E-state index is 0.0468. The first-order chi connectivity index (χ1) is 7.16. The second kappa shape index (κ2) is 3.88. The van der Waals surface area contributed by atoms with Crippen LogP contribution in [-0.4, -0.2) is 22.3 Å². The summed E-state index contributed by atoms with van der Waals surface area (Å²) in [6.45, 7) is 2.00. The van der Waals surface area contributed by atoms with Crippen molar-refractivity contribution in [3.05, 3.63) is 35.9 Å². The van der Waals surface area contributed by atoms with Crippen molar-refractivity contribution in [2.75, 3.05) is 0 Å². The largest absolute Gasteiger partial charge is 0.529 e. The van der Waals surface area contributed by atoms with Crippen LogP contribution < -0.4 is 5.66 Å². The van der Waals surface area contributed by atoms with Crippen molar-refractivity contribution in [1.29, 1.82) is 0 Å². The molecule has 2 rings (SSSR count). The monoisotopic (exact) mass is 203 g/mol. The van der Waals surface area contributed by atoms with E-state index in [9.17, 15) is 0 Å². The van der Waals surface area contributed by atoms with Gasteiger partial charge in [0.05, 0.1) is 0 Å². The topological polar surface area (TPSA) is 66.5 Å². The van der Waals surface area contributed by atoms with Crippen molar-refractivity contribution in [3.63, 3.8) is 0 Å². The van der Waals surface area contributed by atoms with Gasteiger partial charge in [-0.05, 0) is 6.92 Å². The molecule has 0 atom stereocenters. The van der Waals surface area contributed by atoms with Crippen LogP contribution in [0.25, 0.3) is 11.3 Å². The molecule has 0 spiro atoms. The van der Waals surface area contributed by atoms with Gasteiger partial charge in [-0.25, -0.2) is 0 Å². The first kappa shape index (κ1) is 9.95. The number of rotatable bonds is 2. The van der Waals surface area contributed by atoms with E-state index < -0.39 is 7.12 Å². The molecule has 0 radical (unpaired) electrons. The van der Waals surface area contributed by atoms with Gasteiger partial charge in [-0.2, -0.15) is 0 Å². The van der Waals surface area contributed by atoms with Gasteiger partial charge in [-0.1, -0.05) is 35.0 Å². The predicted octanol–water partition coefficient (Wildman–Crippen LogP) is 0.330. The van der Waals surface area contributed by atoms with Crippen LogP contribution in [0.5, 0.6) is 0 Å². The standard InChI is InChI=1S/C10H10BNO3/c1-7-2-4-8(5-3-7)9-6-10(11(13)14)15-12-9/h2-6,13-14H,1H3. The Hall–Kier alpha value is -1.59. The van der Waals surface area contributed by atoms with Gasteiger partial charge in [-0.15, -0.1) is 0 Å². The highest BCUT2D eigenvalue weighted by atomic mass is 16.5. The van der Waals surface area contributed by atoms with Crippen LogP contribution in [0.2, 0.25) is 0 Å². The molecule has 4 nitrogen and oxygen atoms in total. The average Bonchev–Trinajstić information content (AvgIpc) is 2.68. The third-order valence-corrected chi connectivity index (χ3v) is 2.13. The first-order valence-corrected chi connectivity index (χ1v) is 4.56. The number of hydrogen-bond acceptors (Lipinski definition) is 4. The molecule has 0 aliphatic rings. The van der Waals surface area contributed by atoms with Gasteiger partial charge in [0.25, 0.3) is 0 Å². The first-order valence-electron chi connectivity index (χ1n) is 4.56. The fourth-order valence-electron chi connectivity index (χ4n) is 1.27. The SMILES string of the molecule is Cc1ccc(-c2cc(B(O)O)on2)cc1. The Bertz CT molecular complexity index is 450. The molecule has 1 aromatic heterocycles. The minimum atomic E-state index is -1.61. The molecular formula is C10H10BNO3. The van der Waals surface area contributed by atoms with Gasteiger partial charge < -0.3 is 14.6 Å². The van der Waals surface area contributed by atoms with Crippen LogP contribution in [0.1, 0.15) is 5.56 Å². The summed E-state index contributed by atoms with van der Waals surface area (Å²) < 4.78 is 4.76. The van der Waals surface area contributed by atoms with E-state index in [4.69, 9.17) is 14.6 Å². The zero-order valence-electron chi connectivity index (χ0n) is 8.21. The Morgan fingerprint density at radius 2 is 1.87 bits per heavy atom. The Kier molecular flexibility index (Phi) is 2.57. The molecule has 15 heavy (non-hydrogen) atoms. The maximum atomic E-state index is 8.85. The maximum Gasteiger partial charge on any atom is 0.529 e. The van der Waals surface area contributed by atoms with E-state index in [2.05, 4.69) is 5.16 Å². The van der Waals surface area contributed by atoms with Crippen molar-refractivity contribution in [2.45, 2.75) is 6.92 Å². The predicted molar refractivity (Wildman–Crippen MR) is 56.5 cm³/mol. The van der Waals surface area contributed by atoms with Crippen LogP contribution in [0, 0.1) is 6.92 Å². The van der Waals surface area contributed by atoms with Crippen molar-refractivity contribution >= 4 is 12.8 Å². The number of nitrogens with zero attached hydrogens (tertiary/aromatic N) is 1. The molecule has 1 aromatic carbocycles. The molecule has 0 aliphatic carbocycles. The lowest BCUT2D eigenvalue weighted by molar-refractivity contribution is 0.384. The maximum absolute atomic E-state index is 8.85. The van der Waals surface area contributed by atoms with Crippen molar-refractivity contribution in [1.82, 2.24) is 5.16 Å². The number of hydrogen-bond donors (Lipinski definition) is 2. The lowest BCUT2D eigenvalue weighted by atomic mass is 9.87. The molecule has 76 valence electrons. The van der Waals surface area contributed by atoms with E-state index in [1.165, 1.54) is 6.07 Å². The number of benzene rings is 1. The molecule has 1 heterocycles. The van der Waals surface area contributed by atoms with Gasteiger partial charge >= 0.3 is 7.12 Å². The van der Waals surface area contributed by atoms with Crippen LogP contribution in [-0.2, 0) is 0 Å². The summed E-state index contributed by atoms with van der Waals surface area (Å²) in [6.07, 6.45) is 0. The van der Waals surface area contributed by atoms with Crippen LogP contribution in [0.4, 0.5) is 0 Å². The smallest absolute Gasteiger partial charge is 0.421 e. The number of aryl methyl sites for hydroxylation is 1. The highest BCUT2D eigenvalue weighted by Gasteiger charge is 2.18. The molecule has 2 aromatic rings. The van der Waals surface area contributed by atoms with E-state index >= 15 is 0 Å². The Balaban J connectivity index is 2.33. The molecule has 0 amide bonds. The fraction of sp³-hybridized carbons (Fsp3) is 0.100. The van der Waals surface area contributed by atoms with Crippen molar-refractivity contribution in [2.24, 2.45) is 0 Å². The third kappa shape index (κ3) is 2.08. The molecule has 5 heteroatoms. The van der Waals surface area contributed by atoms with E-state index in [1.807, 2.05) is 31.2 Å². The second-order valence-electron chi connectivity index (χ2n) is 3.35. The van der Waals surface area contributed by atoms with Gasteiger partial charge in [0, 0.05) is 11.6 Å². The number of aromatic nitrogens is 1. The second-order valence-corrected chi connectivity index (χ2v) is 3.35. The summed E-state index contributed by atoms with van der Waals surface area (Å²) in [5, 5.41) is 21.4. The highest BCUT2D eigenvalue weighted by Crippen LogP contribution is 2.16. The summed E-state index contributed by atoms with van der Waals surface area (Å²) in [5.41, 5.74) is 2.68. The molecule has 0 unspecified atom stereocenters. The molecule has 0 fully saturated rings. The van der Waals surface area contributed by atoms with E-state index in [-0.39, 0.29) is 5.66 Å². The van der Waals surface area contributed by atoms with Crippen molar-refractivity contribution < 1.29 is 14.6 Å².